The van der Waals surface area contributed by atoms with Gasteiger partial charge in [0.2, 0.25) is 13.2 Å². The Kier molecular flexibility index (Phi) is 6.04. The molecule has 1 atom stereocenters. The van der Waals surface area contributed by atoms with Crippen molar-refractivity contribution in [3.05, 3.63) is 83.7 Å². The Morgan fingerprint density at radius 3 is 2.52 bits per heavy atom. The summed E-state index contributed by atoms with van der Waals surface area (Å²) >= 11 is 0. The van der Waals surface area contributed by atoms with Crippen LogP contribution in [0.2, 0.25) is 0 Å². The van der Waals surface area contributed by atoms with Crippen LogP contribution < -0.4 is 14.2 Å². The van der Waals surface area contributed by atoms with Gasteiger partial charge in [-0.15, -0.1) is 0 Å². The van der Waals surface area contributed by atoms with Crippen LogP contribution in [0.15, 0.2) is 66.7 Å². The lowest BCUT2D eigenvalue weighted by Gasteiger charge is -2.29. The summed E-state index contributed by atoms with van der Waals surface area (Å²) in [6.45, 7) is 1.29. The largest absolute Gasteiger partial charge is 0.454 e. The SMILES string of the molecule is CC(COCc1ccc(F)c(Oc2ccccc2)c1)(c1ccc2c(c1)OCO2)C(F)F. The molecule has 0 radical (unpaired) electrons. The zero-order valence-corrected chi connectivity index (χ0v) is 16.8. The van der Waals surface area contributed by atoms with Gasteiger partial charge >= 0.3 is 0 Å². The van der Waals surface area contributed by atoms with E-state index in [0.717, 1.165) is 0 Å². The molecule has 0 spiro atoms. The van der Waals surface area contributed by atoms with Gasteiger partial charge in [0, 0.05) is 0 Å². The number of alkyl halides is 2. The Morgan fingerprint density at radius 2 is 1.74 bits per heavy atom. The van der Waals surface area contributed by atoms with Crippen molar-refractivity contribution < 1.29 is 32.1 Å². The van der Waals surface area contributed by atoms with Crippen LogP contribution in [-0.4, -0.2) is 19.8 Å². The van der Waals surface area contributed by atoms with Crippen molar-refractivity contribution in [2.45, 2.75) is 25.4 Å². The van der Waals surface area contributed by atoms with E-state index in [4.69, 9.17) is 18.9 Å². The average molecular weight is 430 g/mol. The van der Waals surface area contributed by atoms with Gasteiger partial charge in [-0.25, -0.2) is 13.2 Å². The first kappa shape index (κ1) is 21.1. The maximum Gasteiger partial charge on any atom is 0.250 e. The van der Waals surface area contributed by atoms with Crippen LogP contribution in [0.25, 0.3) is 0 Å². The van der Waals surface area contributed by atoms with Crippen molar-refractivity contribution in [1.82, 2.24) is 0 Å². The summed E-state index contributed by atoms with van der Waals surface area (Å²) in [5.74, 6) is 0.974. The van der Waals surface area contributed by atoms with Crippen molar-refractivity contribution in [2.75, 3.05) is 13.4 Å². The zero-order chi connectivity index (χ0) is 21.8. The Bertz CT molecular complexity index is 1040. The summed E-state index contributed by atoms with van der Waals surface area (Å²) in [5.41, 5.74) is -0.557. The van der Waals surface area contributed by atoms with Crippen LogP contribution in [0, 0.1) is 5.82 Å². The Morgan fingerprint density at radius 1 is 0.968 bits per heavy atom. The van der Waals surface area contributed by atoms with Crippen LogP contribution in [0.3, 0.4) is 0 Å². The topological polar surface area (TPSA) is 36.9 Å². The summed E-state index contributed by atoms with van der Waals surface area (Å²) < 4.78 is 63.8. The quantitative estimate of drug-likeness (QED) is 0.434. The molecule has 0 saturated carbocycles. The molecular weight excluding hydrogens is 409 g/mol. The van der Waals surface area contributed by atoms with Gasteiger partial charge in [0.05, 0.1) is 18.6 Å². The van der Waals surface area contributed by atoms with Crippen LogP contribution in [0.4, 0.5) is 13.2 Å². The van der Waals surface area contributed by atoms with Crippen molar-refractivity contribution in [1.29, 1.82) is 0 Å². The summed E-state index contributed by atoms with van der Waals surface area (Å²) in [5, 5.41) is 0. The Hall–Kier alpha value is -3.19. The molecule has 4 rings (SSSR count). The van der Waals surface area contributed by atoms with E-state index >= 15 is 0 Å². The smallest absolute Gasteiger partial charge is 0.250 e. The Labute approximate surface area is 178 Å². The highest BCUT2D eigenvalue weighted by molar-refractivity contribution is 5.46. The molecule has 1 heterocycles. The van der Waals surface area contributed by atoms with Gasteiger partial charge < -0.3 is 18.9 Å². The first-order chi connectivity index (χ1) is 15.0. The fourth-order valence-corrected chi connectivity index (χ4v) is 3.24. The van der Waals surface area contributed by atoms with Crippen LogP contribution in [0.1, 0.15) is 18.1 Å². The van der Waals surface area contributed by atoms with E-state index in [2.05, 4.69) is 0 Å². The van der Waals surface area contributed by atoms with Crippen molar-refractivity contribution in [2.24, 2.45) is 0 Å². The molecular formula is C24H21F3O4. The third-order valence-corrected chi connectivity index (χ3v) is 5.15. The minimum absolute atomic E-state index is 0.0261. The molecule has 4 nitrogen and oxygen atoms in total. The second kappa shape index (κ2) is 8.89. The first-order valence-electron chi connectivity index (χ1n) is 9.73. The summed E-state index contributed by atoms with van der Waals surface area (Å²) in [7, 11) is 0. The molecule has 0 bridgehead atoms. The average Bonchev–Trinajstić information content (AvgIpc) is 3.24. The standard InChI is InChI=1S/C24H21F3O4/c1-24(23(26)27,17-8-10-20-22(12-17)30-15-29-20)14-28-13-16-7-9-19(25)21(11-16)31-18-5-3-2-4-6-18/h2-12,23H,13-15H2,1H3. The highest BCUT2D eigenvalue weighted by Crippen LogP contribution is 2.39. The number of benzene rings is 3. The molecule has 0 fully saturated rings. The number of para-hydroxylation sites is 1. The molecule has 0 N–H and O–H groups in total. The van der Waals surface area contributed by atoms with E-state index in [0.29, 0.717) is 28.4 Å². The second-order valence-electron chi connectivity index (χ2n) is 7.46. The minimum atomic E-state index is -2.67. The molecule has 1 aliphatic rings. The zero-order valence-electron chi connectivity index (χ0n) is 16.8. The van der Waals surface area contributed by atoms with E-state index in [1.54, 1.807) is 42.5 Å². The van der Waals surface area contributed by atoms with Crippen LogP contribution in [-0.2, 0) is 16.8 Å². The van der Waals surface area contributed by atoms with Gasteiger partial charge in [-0.05, 0) is 54.4 Å². The molecule has 7 heteroatoms. The van der Waals surface area contributed by atoms with Crippen molar-refractivity contribution in [3.8, 4) is 23.0 Å². The molecule has 3 aromatic carbocycles. The van der Waals surface area contributed by atoms with Crippen LogP contribution >= 0.6 is 0 Å². The fraction of sp³-hybridized carbons (Fsp3) is 0.250. The van der Waals surface area contributed by atoms with Gasteiger partial charge in [0.25, 0.3) is 0 Å². The van der Waals surface area contributed by atoms with E-state index in [9.17, 15) is 13.2 Å². The van der Waals surface area contributed by atoms with Gasteiger partial charge in [0.15, 0.2) is 23.1 Å². The predicted molar refractivity (Wildman–Crippen MR) is 108 cm³/mol. The summed E-state index contributed by atoms with van der Waals surface area (Å²) in [6.07, 6.45) is -2.67. The minimum Gasteiger partial charge on any atom is -0.454 e. The summed E-state index contributed by atoms with van der Waals surface area (Å²) in [4.78, 5) is 0. The first-order valence-corrected chi connectivity index (χ1v) is 9.73. The molecule has 1 aliphatic heterocycles. The lowest BCUT2D eigenvalue weighted by Crippen LogP contribution is -2.36. The van der Waals surface area contributed by atoms with E-state index in [1.807, 2.05) is 6.07 Å². The van der Waals surface area contributed by atoms with E-state index < -0.39 is 17.7 Å². The molecule has 3 aromatic rings. The van der Waals surface area contributed by atoms with E-state index in [1.165, 1.54) is 25.1 Å². The number of rotatable bonds is 8. The lowest BCUT2D eigenvalue weighted by atomic mass is 9.83. The third kappa shape index (κ3) is 4.61. The highest BCUT2D eigenvalue weighted by atomic mass is 19.3. The normalized spacial score (nSPS) is 14.5. The van der Waals surface area contributed by atoms with Gasteiger partial charge in [-0.1, -0.05) is 30.3 Å². The second-order valence-corrected chi connectivity index (χ2v) is 7.46. The third-order valence-electron chi connectivity index (χ3n) is 5.15. The Balaban J connectivity index is 1.45. The van der Waals surface area contributed by atoms with Gasteiger partial charge in [-0.3, -0.25) is 0 Å². The lowest BCUT2D eigenvalue weighted by molar-refractivity contribution is -0.0128. The number of hydrogen-bond acceptors (Lipinski definition) is 4. The molecule has 1 unspecified atom stereocenters. The van der Waals surface area contributed by atoms with Gasteiger partial charge in [0.1, 0.15) is 5.75 Å². The molecule has 31 heavy (non-hydrogen) atoms. The monoisotopic (exact) mass is 430 g/mol. The maximum absolute atomic E-state index is 14.1. The van der Waals surface area contributed by atoms with Gasteiger partial charge in [-0.2, -0.15) is 0 Å². The highest BCUT2D eigenvalue weighted by Gasteiger charge is 2.38. The van der Waals surface area contributed by atoms with Crippen molar-refractivity contribution >= 4 is 0 Å². The number of fused-ring (bicyclic) bond motifs is 1. The fourth-order valence-electron chi connectivity index (χ4n) is 3.24. The number of halogens is 3. The van der Waals surface area contributed by atoms with Crippen molar-refractivity contribution in [3.63, 3.8) is 0 Å². The van der Waals surface area contributed by atoms with Crippen LogP contribution in [0.5, 0.6) is 23.0 Å². The summed E-state index contributed by atoms with van der Waals surface area (Å²) in [6, 6.07) is 17.9. The molecule has 0 aromatic heterocycles. The molecule has 0 aliphatic carbocycles. The van der Waals surface area contributed by atoms with E-state index in [-0.39, 0.29) is 25.8 Å². The molecule has 0 amide bonds. The number of ether oxygens (including phenoxy) is 4. The maximum atomic E-state index is 14.1. The molecule has 162 valence electrons. The predicted octanol–water partition coefficient (Wildman–Crippen LogP) is 6.09. The molecule has 0 saturated heterocycles. The number of hydrogen-bond donors (Lipinski definition) is 0.